The van der Waals surface area contributed by atoms with Crippen LogP contribution in [0.3, 0.4) is 0 Å². The fourth-order valence-corrected chi connectivity index (χ4v) is 3.06. The lowest BCUT2D eigenvalue weighted by Crippen LogP contribution is -2.35. The molecule has 0 radical (unpaired) electrons. The second-order valence-electron chi connectivity index (χ2n) is 3.83. The molecule has 1 unspecified atom stereocenters. The molecule has 7 heteroatoms. The topological polar surface area (TPSA) is 66.9 Å². The monoisotopic (exact) mass is 274 g/mol. The van der Waals surface area contributed by atoms with Crippen LogP contribution in [0.2, 0.25) is 0 Å². The Kier molecular flexibility index (Phi) is 5.70. The smallest absolute Gasteiger partial charge is 0.233 e. The Labute approximate surface area is 110 Å². The first-order valence-corrected chi connectivity index (χ1v) is 7.27. The second-order valence-corrected chi connectivity index (χ2v) is 6.39. The zero-order valence-corrected chi connectivity index (χ0v) is 12.1. The number of hydrogen-bond acceptors (Lipinski definition) is 6. The van der Waals surface area contributed by atoms with Crippen molar-refractivity contribution in [3.05, 3.63) is 0 Å². The molecule has 17 heavy (non-hydrogen) atoms. The van der Waals surface area contributed by atoms with Crippen molar-refractivity contribution in [3.8, 4) is 0 Å². The van der Waals surface area contributed by atoms with Crippen LogP contribution in [0.15, 0.2) is 4.34 Å². The highest BCUT2D eigenvalue weighted by atomic mass is 32.2. The van der Waals surface area contributed by atoms with E-state index < -0.39 is 0 Å². The van der Waals surface area contributed by atoms with E-state index in [1.165, 1.54) is 23.1 Å². The van der Waals surface area contributed by atoms with E-state index in [4.69, 9.17) is 0 Å². The molecule has 1 rings (SSSR count). The summed E-state index contributed by atoms with van der Waals surface area (Å²) in [7, 11) is 0. The van der Waals surface area contributed by atoms with E-state index in [0.29, 0.717) is 0 Å². The van der Waals surface area contributed by atoms with Gasteiger partial charge in [-0.2, -0.15) is 0 Å². The van der Waals surface area contributed by atoms with Gasteiger partial charge in [0.1, 0.15) is 0 Å². The van der Waals surface area contributed by atoms with Gasteiger partial charge in [0, 0.05) is 12.6 Å². The predicted octanol–water partition coefficient (Wildman–Crippen LogP) is 1.98. The van der Waals surface area contributed by atoms with Gasteiger partial charge in [-0.3, -0.25) is 4.79 Å². The molecule has 0 saturated heterocycles. The number of carbonyl (C=O) groups is 1. The number of carbonyl (C=O) groups excluding carboxylic acids is 1. The van der Waals surface area contributed by atoms with Crippen LogP contribution < -0.4 is 10.6 Å². The lowest BCUT2D eigenvalue weighted by molar-refractivity contribution is -0.120. The third-order valence-corrected chi connectivity index (χ3v) is 3.88. The zero-order chi connectivity index (χ0) is 12.8. The Morgan fingerprint density at radius 2 is 2.12 bits per heavy atom. The standard InChI is InChI=1S/C10H18N4OS2/c1-5-11-9-13-14-10(17-9)16-7(4)8(15)12-6(2)3/h6-7H,5H2,1-4H3,(H,11,13)(H,12,15). The third kappa shape index (κ3) is 4.91. The van der Waals surface area contributed by atoms with E-state index in [2.05, 4.69) is 20.8 Å². The van der Waals surface area contributed by atoms with Gasteiger partial charge >= 0.3 is 0 Å². The van der Waals surface area contributed by atoms with Gasteiger partial charge in [-0.05, 0) is 27.7 Å². The summed E-state index contributed by atoms with van der Waals surface area (Å²) in [6.45, 7) is 8.60. The van der Waals surface area contributed by atoms with Crippen molar-refractivity contribution in [2.45, 2.75) is 43.3 Å². The predicted molar refractivity (Wildman–Crippen MR) is 72.7 cm³/mol. The summed E-state index contributed by atoms with van der Waals surface area (Å²) < 4.78 is 0.812. The molecule has 1 heterocycles. The Bertz CT molecular complexity index is 367. The van der Waals surface area contributed by atoms with E-state index in [1.54, 1.807) is 0 Å². The van der Waals surface area contributed by atoms with E-state index in [9.17, 15) is 4.79 Å². The molecule has 2 N–H and O–H groups in total. The van der Waals surface area contributed by atoms with Gasteiger partial charge < -0.3 is 10.6 Å². The summed E-state index contributed by atoms with van der Waals surface area (Å²) in [6.07, 6.45) is 0. The molecule has 5 nitrogen and oxygen atoms in total. The van der Waals surface area contributed by atoms with Crippen LogP contribution in [0.25, 0.3) is 0 Å². The summed E-state index contributed by atoms with van der Waals surface area (Å²) in [6, 6.07) is 0.164. The van der Waals surface area contributed by atoms with E-state index in [0.717, 1.165) is 16.0 Å². The molecule has 1 amide bonds. The van der Waals surface area contributed by atoms with Gasteiger partial charge in [0.05, 0.1) is 5.25 Å². The number of nitrogens with one attached hydrogen (secondary N) is 2. The van der Waals surface area contributed by atoms with Gasteiger partial charge in [0.15, 0.2) is 4.34 Å². The second kappa shape index (κ2) is 6.80. The number of aromatic nitrogens is 2. The average molecular weight is 274 g/mol. The molecule has 0 aliphatic heterocycles. The molecular formula is C10H18N4OS2. The fourth-order valence-electron chi connectivity index (χ4n) is 1.09. The molecule has 1 aromatic heterocycles. The lowest BCUT2D eigenvalue weighted by atomic mass is 10.3. The Morgan fingerprint density at radius 3 is 2.71 bits per heavy atom. The summed E-state index contributed by atoms with van der Waals surface area (Å²) in [4.78, 5) is 11.7. The lowest BCUT2D eigenvalue weighted by Gasteiger charge is -2.12. The minimum absolute atomic E-state index is 0.0326. The highest BCUT2D eigenvalue weighted by Gasteiger charge is 2.17. The Hall–Kier alpha value is -0.820. The normalized spacial score (nSPS) is 12.5. The number of rotatable bonds is 6. The molecule has 0 spiro atoms. The Morgan fingerprint density at radius 1 is 1.41 bits per heavy atom. The maximum absolute atomic E-state index is 11.7. The van der Waals surface area contributed by atoms with Gasteiger partial charge in [0.25, 0.3) is 0 Å². The zero-order valence-electron chi connectivity index (χ0n) is 10.5. The molecule has 0 saturated carbocycles. The van der Waals surface area contributed by atoms with Gasteiger partial charge in [0.2, 0.25) is 11.0 Å². The van der Waals surface area contributed by atoms with Gasteiger partial charge in [-0.15, -0.1) is 10.2 Å². The van der Waals surface area contributed by atoms with Crippen LogP contribution in [0.5, 0.6) is 0 Å². The quantitative estimate of drug-likeness (QED) is 0.776. The molecular weight excluding hydrogens is 256 g/mol. The number of hydrogen-bond donors (Lipinski definition) is 2. The van der Waals surface area contributed by atoms with Crippen molar-refractivity contribution >= 4 is 34.1 Å². The summed E-state index contributed by atoms with van der Waals surface area (Å²) >= 11 is 2.90. The first-order valence-electron chi connectivity index (χ1n) is 5.57. The highest BCUT2D eigenvalue weighted by molar-refractivity contribution is 8.02. The maximum atomic E-state index is 11.7. The first-order chi connectivity index (χ1) is 8.02. The number of anilines is 1. The van der Waals surface area contributed by atoms with Crippen LogP contribution >= 0.6 is 23.1 Å². The molecule has 1 aromatic rings. The molecule has 0 aliphatic rings. The minimum Gasteiger partial charge on any atom is -0.360 e. The van der Waals surface area contributed by atoms with Gasteiger partial charge in [-0.1, -0.05) is 23.1 Å². The van der Waals surface area contributed by atoms with Crippen LogP contribution in [0, 0.1) is 0 Å². The van der Waals surface area contributed by atoms with Crippen LogP contribution in [0.4, 0.5) is 5.13 Å². The molecule has 1 atom stereocenters. The number of thioether (sulfide) groups is 1. The fraction of sp³-hybridized carbons (Fsp3) is 0.700. The first kappa shape index (κ1) is 14.2. The van der Waals surface area contributed by atoms with Crippen LogP contribution in [-0.4, -0.2) is 33.9 Å². The van der Waals surface area contributed by atoms with Crippen molar-refractivity contribution in [2.75, 3.05) is 11.9 Å². The SMILES string of the molecule is CCNc1nnc(SC(C)C(=O)NC(C)C)s1. The number of nitrogens with zero attached hydrogens (tertiary/aromatic N) is 2. The molecule has 0 bridgehead atoms. The summed E-state index contributed by atoms with van der Waals surface area (Å²) in [5, 5.41) is 14.6. The molecule has 96 valence electrons. The third-order valence-electron chi connectivity index (χ3n) is 1.81. The Balaban J connectivity index is 2.49. The highest BCUT2D eigenvalue weighted by Crippen LogP contribution is 2.28. The molecule has 0 aromatic carbocycles. The maximum Gasteiger partial charge on any atom is 0.233 e. The van der Waals surface area contributed by atoms with E-state index in [1.807, 2.05) is 27.7 Å². The van der Waals surface area contributed by atoms with E-state index >= 15 is 0 Å². The minimum atomic E-state index is -0.153. The van der Waals surface area contributed by atoms with Crippen molar-refractivity contribution < 1.29 is 4.79 Å². The summed E-state index contributed by atoms with van der Waals surface area (Å²) in [5.41, 5.74) is 0. The van der Waals surface area contributed by atoms with Gasteiger partial charge in [-0.25, -0.2) is 0 Å². The van der Waals surface area contributed by atoms with E-state index in [-0.39, 0.29) is 17.2 Å². The number of amides is 1. The van der Waals surface area contributed by atoms with Crippen molar-refractivity contribution in [1.82, 2.24) is 15.5 Å². The van der Waals surface area contributed by atoms with Crippen molar-refractivity contribution in [2.24, 2.45) is 0 Å². The van der Waals surface area contributed by atoms with Crippen LogP contribution in [-0.2, 0) is 4.79 Å². The largest absolute Gasteiger partial charge is 0.360 e. The van der Waals surface area contributed by atoms with Crippen LogP contribution in [0.1, 0.15) is 27.7 Å². The summed E-state index contributed by atoms with van der Waals surface area (Å²) in [5.74, 6) is 0.0326. The van der Waals surface area contributed by atoms with Crippen molar-refractivity contribution in [3.63, 3.8) is 0 Å². The van der Waals surface area contributed by atoms with Crippen molar-refractivity contribution in [1.29, 1.82) is 0 Å². The molecule has 0 fully saturated rings. The molecule has 0 aliphatic carbocycles. The average Bonchev–Trinajstić information content (AvgIpc) is 2.65.